The molecule has 4 heteroatoms. The van der Waals surface area contributed by atoms with Gasteiger partial charge >= 0.3 is 0 Å². The highest BCUT2D eigenvalue weighted by molar-refractivity contribution is 5.94. The molecule has 6 atom stereocenters. The van der Waals surface area contributed by atoms with Gasteiger partial charge in [0.1, 0.15) is 12.4 Å². The van der Waals surface area contributed by atoms with Crippen LogP contribution in [-0.4, -0.2) is 31.3 Å². The lowest BCUT2D eigenvalue weighted by Crippen LogP contribution is -2.42. The van der Waals surface area contributed by atoms with Crippen molar-refractivity contribution in [1.29, 1.82) is 0 Å². The average Bonchev–Trinajstić information content (AvgIpc) is 3.42. The molecule has 1 amide bonds. The van der Waals surface area contributed by atoms with Gasteiger partial charge in [0, 0.05) is 18.2 Å². The van der Waals surface area contributed by atoms with Gasteiger partial charge < -0.3 is 14.8 Å². The summed E-state index contributed by atoms with van der Waals surface area (Å²) in [5.41, 5.74) is 0.709. The predicted octanol–water partition coefficient (Wildman–Crippen LogP) is 3.80. The van der Waals surface area contributed by atoms with Crippen molar-refractivity contribution in [3.8, 4) is 5.75 Å². The molecule has 1 N–H and O–H groups in total. The number of carbonyl (C=O) groups is 1. The summed E-state index contributed by atoms with van der Waals surface area (Å²) >= 11 is 0. The van der Waals surface area contributed by atoms with E-state index >= 15 is 0 Å². The molecule has 4 nitrogen and oxygen atoms in total. The topological polar surface area (TPSA) is 47.6 Å². The van der Waals surface area contributed by atoms with Crippen LogP contribution >= 0.6 is 0 Å². The van der Waals surface area contributed by atoms with E-state index in [2.05, 4.69) is 5.32 Å². The van der Waals surface area contributed by atoms with Crippen LogP contribution in [0.5, 0.6) is 5.75 Å². The standard InChI is InChI=1S/C22H29NO3/c24-22(23-21-12-15-11-20(21)19-8-2-7-18(15)19)14-4-1-5-16(10-14)26-13-17-6-3-9-25-17/h1,4-5,10,15,17-21H,2-3,6-9,11-13H2,(H,23,24)/t15-,17+,18-,19-,20+,21-/m1/s1. The fourth-order valence-electron chi connectivity index (χ4n) is 6.18. The third-order valence-corrected chi connectivity index (χ3v) is 7.30. The van der Waals surface area contributed by atoms with Crippen molar-refractivity contribution in [2.24, 2.45) is 23.7 Å². The third kappa shape index (κ3) is 3.02. The van der Waals surface area contributed by atoms with Gasteiger partial charge in [0.15, 0.2) is 0 Å². The van der Waals surface area contributed by atoms with Crippen LogP contribution in [-0.2, 0) is 4.74 Å². The Kier molecular flexibility index (Phi) is 4.39. The minimum atomic E-state index is 0.0552. The summed E-state index contributed by atoms with van der Waals surface area (Å²) in [5, 5.41) is 3.34. The first kappa shape index (κ1) is 16.6. The molecule has 1 aromatic carbocycles. The number of amides is 1. The Bertz CT molecular complexity index is 669. The van der Waals surface area contributed by atoms with Crippen LogP contribution in [0.25, 0.3) is 0 Å². The molecule has 0 radical (unpaired) electrons. The van der Waals surface area contributed by atoms with Crippen molar-refractivity contribution in [2.75, 3.05) is 13.2 Å². The zero-order valence-electron chi connectivity index (χ0n) is 15.4. The fourth-order valence-corrected chi connectivity index (χ4v) is 6.18. The van der Waals surface area contributed by atoms with E-state index in [0.717, 1.165) is 48.9 Å². The number of hydrogen-bond donors (Lipinski definition) is 1. The first-order valence-corrected chi connectivity index (χ1v) is 10.4. The Morgan fingerprint density at radius 1 is 1.12 bits per heavy atom. The largest absolute Gasteiger partial charge is 0.491 e. The molecule has 140 valence electrons. The van der Waals surface area contributed by atoms with Gasteiger partial charge in [-0.05, 0) is 80.4 Å². The lowest BCUT2D eigenvalue weighted by Gasteiger charge is -2.32. The second-order valence-electron chi connectivity index (χ2n) is 8.71. The Balaban J connectivity index is 1.20. The van der Waals surface area contributed by atoms with Crippen LogP contribution < -0.4 is 10.1 Å². The van der Waals surface area contributed by atoms with Gasteiger partial charge in [-0.25, -0.2) is 0 Å². The Hall–Kier alpha value is -1.55. The molecule has 0 spiro atoms. The molecule has 1 saturated heterocycles. The van der Waals surface area contributed by atoms with E-state index in [9.17, 15) is 4.79 Å². The average molecular weight is 355 g/mol. The summed E-state index contributed by atoms with van der Waals surface area (Å²) in [4.78, 5) is 12.8. The van der Waals surface area contributed by atoms with E-state index in [-0.39, 0.29) is 12.0 Å². The van der Waals surface area contributed by atoms with Crippen molar-refractivity contribution >= 4 is 5.91 Å². The second-order valence-corrected chi connectivity index (χ2v) is 8.71. The predicted molar refractivity (Wildman–Crippen MR) is 99.2 cm³/mol. The van der Waals surface area contributed by atoms with Gasteiger partial charge in [-0.1, -0.05) is 12.5 Å². The maximum absolute atomic E-state index is 12.8. The highest BCUT2D eigenvalue weighted by Gasteiger charge is 2.54. The third-order valence-electron chi connectivity index (χ3n) is 7.30. The van der Waals surface area contributed by atoms with E-state index in [1.54, 1.807) is 0 Å². The van der Waals surface area contributed by atoms with Gasteiger partial charge in [-0.3, -0.25) is 4.79 Å². The van der Waals surface area contributed by atoms with Crippen molar-refractivity contribution in [3.63, 3.8) is 0 Å². The molecule has 0 unspecified atom stereocenters. The van der Waals surface area contributed by atoms with E-state index in [1.807, 2.05) is 24.3 Å². The van der Waals surface area contributed by atoms with Gasteiger partial charge in [0.05, 0.1) is 6.10 Å². The number of ether oxygens (including phenoxy) is 2. The molecule has 0 aromatic heterocycles. The molecule has 3 aliphatic carbocycles. The van der Waals surface area contributed by atoms with Crippen molar-refractivity contribution < 1.29 is 14.3 Å². The molecule has 2 bridgehead atoms. The summed E-state index contributed by atoms with van der Waals surface area (Å²) in [5.74, 6) is 4.23. The number of hydrogen-bond acceptors (Lipinski definition) is 3. The SMILES string of the molecule is O=C(N[C@@H]1C[C@H]2C[C@H]1[C@@H]1CCC[C@H]21)c1cccc(OC[C@@H]2CCCO2)c1. The summed E-state index contributed by atoms with van der Waals surface area (Å²) in [6.45, 7) is 1.41. The molecule has 1 aromatic rings. The molecular weight excluding hydrogens is 326 g/mol. The molecule has 4 fully saturated rings. The van der Waals surface area contributed by atoms with Gasteiger partial charge in [0.25, 0.3) is 5.91 Å². The van der Waals surface area contributed by atoms with E-state index in [0.29, 0.717) is 18.2 Å². The molecule has 26 heavy (non-hydrogen) atoms. The maximum Gasteiger partial charge on any atom is 0.251 e. The summed E-state index contributed by atoms with van der Waals surface area (Å²) in [6.07, 6.45) is 9.10. The smallest absolute Gasteiger partial charge is 0.251 e. The van der Waals surface area contributed by atoms with Crippen molar-refractivity contribution in [3.05, 3.63) is 29.8 Å². The summed E-state index contributed by atoms with van der Waals surface area (Å²) in [7, 11) is 0. The first-order valence-electron chi connectivity index (χ1n) is 10.4. The zero-order chi connectivity index (χ0) is 17.5. The lowest BCUT2D eigenvalue weighted by molar-refractivity contribution is 0.0679. The number of benzene rings is 1. The zero-order valence-corrected chi connectivity index (χ0v) is 15.4. The monoisotopic (exact) mass is 355 g/mol. The minimum Gasteiger partial charge on any atom is -0.491 e. The van der Waals surface area contributed by atoms with Crippen LogP contribution in [0.1, 0.15) is 55.3 Å². The molecule has 3 saturated carbocycles. The number of carbonyl (C=O) groups excluding carboxylic acids is 1. The number of rotatable bonds is 5. The Labute approximate surface area is 155 Å². The van der Waals surface area contributed by atoms with Gasteiger partial charge in [0.2, 0.25) is 0 Å². The highest BCUT2D eigenvalue weighted by atomic mass is 16.5. The normalized spacial score (nSPS) is 37.7. The van der Waals surface area contributed by atoms with Crippen LogP contribution in [0.4, 0.5) is 0 Å². The highest BCUT2D eigenvalue weighted by Crippen LogP contribution is 2.58. The Morgan fingerprint density at radius 2 is 2.04 bits per heavy atom. The first-order chi connectivity index (χ1) is 12.8. The van der Waals surface area contributed by atoms with Crippen LogP contribution in [0.15, 0.2) is 24.3 Å². The summed E-state index contributed by atoms with van der Waals surface area (Å²) < 4.78 is 11.5. The molecule has 1 aliphatic heterocycles. The minimum absolute atomic E-state index is 0.0552. The molecule has 5 rings (SSSR count). The second kappa shape index (κ2) is 6.88. The number of fused-ring (bicyclic) bond motifs is 5. The molecule has 1 heterocycles. The quantitative estimate of drug-likeness (QED) is 0.874. The van der Waals surface area contributed by atoms with Crippen molar-refractivity contribution in [2.45, 2.75) is 57.1 Å². The van der Waals surface area contributed by atoms with E-state index in [4.69, 9.17) is 9.47 Å². The van der Waals surface area contributed by atoms with E-state index in [1.165, 1.54) is 32.1 Å². The van der Waals surface area contributed by atoms with Crippen molar-refractivity contribution in [1.82, 2.24) is 5.32 Å². The molecule has 4 aliphatic rings. The Morgan fingerprint density at radius 3 is 2.92 bits per heavy atom. The van der Waals surface area contributed by atoms with Crippen LogP contribution in [0.2, 0.25) is 0 Å². The lowest BCUT2D eigenvalue weighted by atomic mass is 9.79. The maximum atomic E-state index is 12.8. The van der Waals surface area contributed by atoms with Gasteiger partial charge in [-0.15, -0.1) is 0 Å². The molecular formula is C22H29NO3. The van der Waals surface area contributed by atoms with Gasteiger partial charge in [-0.2, -0.15) is 0 Å². The van der Waals surface area contributed by atoms with Crippen LogP contribution in [0.3, 0.4) is 0 Å². The fraction of sp³-hybridized carbons (Fsp3) is 0.682. The van der Waals surface area contributed by atoms with E-state index < -0.39 is 0 Å². The summed E-state index contributed by atoms with van der Waals surface area (Å²) in [6, 6.07) is 7.97. The number of nitrogens with one attached hydrogen (secondary N) is 1. The van der Waals surface area contributed by atoms with Crippen LogP contribution in [0, 0.1) is 23.7 Å².